The summed E-state index contributed by atoms with van der Waals surface area (Å²) in [5.74, 6) is -5.14. The maximum atomic E-state index is 14.2. The standard InChI is InChI=1S/C17H19F2NO4/c1-23-15(21)12-7-13-14(8-12)20(10-17(13,18)19)16(22)24-9-11-5-3-2-4-6-11/h2-6,12-14H,7-10H2,1H3/t12?,13-,14+/m1/s1. The van der Waals surface area contributed by atoms with Crippen molar-refractivity contribution in [1.29, 1.82) is 0 Å². The molecular weight excluding hydrogens is 320 g/mol. The summed E-state index contributed by atoms with van der Waals surface area (Å²) in [7, 11) is 1.24. The Kier molecular flexibility index (Phi) is 4.43. The van der Waals surface area contributed by atoms with Crippen molar-refractivity contribution in [3.8, 4) is 0 Å². The number of alkyl halides is 2. The van der Waals surface area contributed by atoms with Gasteiger partial charge in [0.1, 0.15) is 6.61 Å². The van der Waals surface area contributed by atoms with Gasteiger partial charge in [0.05, 0.1) is 19.6 Å². The van der Waals surface area contributed by atoms with Gasteiger partial charge in [0.25, 0.3) is 5.92 Å². The van der Waals surface area contributed by atoms with Gasteiger partial charge in [-0.15, -0.1) is 0 Å². The molecule has 2 fully saturated rings. The van der Waals surface area contributed by atoms with Gasteiger partial charge < -0.3 is 9.47 Å². The molecule has 1 amide bonds. The van der Waals surface area contributed by atoms with E-state index in [-0.39, 0.29) is 19.4 Å². The SMILES string of the molecule is COC(=O)C1C[C@@H]2[C@H](C1)N(C(=O)OCc1ccccc1)CC2(F)F. The Balaban J connectivity index is 1.67. The van der Waals surface area contributed by atoms with E-state index in [9.17, 15) is 18.4 Å². The molecule has 0 aromatic heterocycles. The van der Waals surface area contributed by atoms with Crippen molar-refractivity contribution in [2.45, 2.75) is 31.4 Å². The number of hydrogen-bond donors (Lipinski definition) is 0. The zero-order valence-electron chi connectivity index (χ0n) is 13.3. The van der Waals surface area contributed by atoms with Gasteiger partial charge >= 0.3 is 12.1 Å². The third kappa shape index (κ3) is 3.07. The third-order valence-corrected chi connectivity index (χ3v) is 4.83. The van der Waals surface area contributed by atoms with Crippen molar-refractivity contribution in [3.05, 3.63) is 35.9 Å². The number of rotatable bonds is 3. The van der Waals surface area contributed by atoms with E-state index in [1.165, 1.54) is 7.11 Å². The van der Waals surface area contributed by atoms with Gasteiger partial charge in [0.2, 0.25) is 0 Å². The van der Waals surface area contributed by atoms with Crippen molar-refractivity contribution in [2.75, 3.05) is 13.7 Å². The van der Waals surface area contributed by atoms with E-state index in [0.717, 1.165) is 10.5 Å². The maximum absolute atomic E-state index is 14.2. The lowest BCUT2D eigenvalue weighted by Gasteiger charge is -2.22. The van der Waals surface area contributed by atoms with E-state index < -0.39 is 42.4 Å². The van der Waals surface area contributed by atoms with Crippen molar-refractivity contribution in [3.63, 3.8) is 0 Å². The third-order valence-electron chi connectivity index (χ3n) is 4.83. The number of halogens is 2. The summed E-state index contributed by atoms with van der Waals surface area (Å²) in [4.78, 5) is 25.0. The number of methoxy groups -OCH3 is 1. The largest absolute Gasteiger partial charge is 0.469 e. The van der Waals surface area contributed by atoms with Crippen LogP contribution < -0.4 is 0 Å². The van der Waals surface area contributed by atoms with E-state index in [4.69, 9.17) is 4.74 Å². The predicted molar refractivity (Wildman–Crippen MR) is 80.3 cm³/mol. The molecule has 1 saturated carbocycles. The van der Waals surface area contributed by atoms with Gasteiger partial charge in [-0.3, -0.25) is 9.69 Å². The molecule has 7 heteroatoms. The molecule has 0 spiro atoms. The first-order chi connectivity index (χ1) is 11.4. The molecule has 3 rings (SSSR count). The average Bonchev–Trinajstić information content (AvgIpc) is 3.12. The molecule has 2 aliphatic rings. The Bertz CT molecular complexity index is 622. The average molecular weight is 339 g/mol. The van der Waals surface area contributed by atoms with Gasteiger partial charge in [0.15, 0.2) is 0 Å². The molecule has 5 nitrogen and oxygen atoms in total. The molecule has 1 aliphatic carbocycles. The topological polar surface area (TPSA) is 55.8 Å². The first-order valence-electron chi connectivity index (χ1n) is 7.85. The highest BCUT2D eigenvalue weighted by Gasteiger charge is 2.61. The molecule has 1 aromatic carbocycles. The molecule has 0 bridgehead atoms. The Hall–Kier alpha value is -2.18. The monoisotopic (exact) mass is 339 g/mol. The van der Waals surface area contributed by atoms with Crippen LogP contribution in [0, 0.1) is 11.8 Å². The quantitative estimate of drug-likeness (QED) is 0.795. The summed E-state index contributed by atoms with van der Waals surface area (Å²) < 4.78 is 38.2. The summed E-state index contributed by atoms with van der Waals surface area (Å²) >= 11 is 0. The molecule has 24 heavy (non-hydrogen) atoms. The number of nitrogens with zero attached hydrogens (tertiary/aromatic N) is 1. The Morgan fingerprint density at radius 3 is 2.62 bits per heavy atom. The van der Waals surface area contributed by atoms with E-state index in [1.807, 2.05) is 6.07 Å². The van der Waals surface area contributed by atoms with Crippen molar-refractivity contribution in [2.24, 2.45) is 11.8 Å². The zero-order chi connectivity index (χ0) is 17.3. The highest BCUT2D eigenvalue weighted by atomic mass is 19.3. The number of carbonyl (C=O) groups excluding carboxylic acids is 2. The molecule has 1 aromatic rings. The lowest BCUT2D eigenvalue weighted by molar-refractivity contribution is -0.145. The van der Waals surface area contributed by atoms with Crippen LogP contribution in [0.4, 0.5) is 13.6 Å². The van der Waals surface area contributed by atoms with E-state index in [1.54, 1.807) is 24.3 Å². The molecule has 0 N–H and O–H groups in total. The number of carbonyl (C=O) groups is 2. The van der Waals surface area contributed by atoms with Crippen LogP contribution in [0.1, 0.15) is 18.4 Å². The minimum Gasteiger partial charge on any atom is -0.469 e. The van der Waals surface area contributed by atoms with Crippen LogP contribution in [0.2, 0.25) is 0 Å². The molecule has 0 radical (unpaired) electrons. The summed E-state index contributed by atoms with van der Waals surface area (Å²) in [6, 6.07) is 8.34. The normalized spacial score (nSPS) is 27.6. The predicted octanol–water partition coefficient (Wildman–Crippen LogP) is 2.84. The lowest BCUT2D eigenvalue weighted by atomic mass is 9.99. The van der Waals surface area contributed by atoms with Crippen molar-refractivity contribution in [1.82, 2.24) is 4.90 Å². The van der Waals surface area contributed by atoms with E-state index >= 15 is 0 Å². The number of likely N-dealkylation sites (tertiary alicyclic amines) is 1. The minimum atomic E-state index is -3.01. The fourth-order valence-corrected chi connectivity index (χ4v) is 3.64. The van der Waals surface area contributed by atoms with E-state index in [0.29, 0.717) is 0 Å². The van der Waals surface area contributed by atoms with Crippen LogP contribution in [0.3, 0.4) is 0 Å². The lowest BCUT2D eigenvalue weighted by Crippen LogP contribution is -2.37. The van der Waals surface area contributed by atoms with Crippen LogP contribution >= 0.6 is 0 Å². The second kappa shape index (κ2) is 6.37. The zero-order valence-corrected chi connectivity index (χ0v) is 13.3. The second-order valence-electron chi connectivity index (χ2n) is 6.29. The van der Waals surface area contributed by atoms with Crippen LogP contribution in [-0.2, 0) is 20.9 Å². The minimum absolute atomic E-state index is 0.0273. The second-order valence-corrected chi connectivity index (χ2v) is 6.29. The number of fused-ring (bicyclic) bond motifs is 1. The highest BCUT2D eigenvalue weighted by Crippen LogP contribution is 2.49. The first kappa shape index (κ1) is 16.7. The number of esters is 1. The van der Waals surface area contributed by atoms with Gasteiger partial charge in [-0.05, 0) is 18.4 Å². The summed E-state index contributed by atoms with van der Waals surface area (Å²) in [5, 5.41) is 0. The number of ether oxygens (including phenoxy) is 2. The van der Waals surface area contributed by atoms with Gasteiger partial charge in [0, 0.05) is 12.0 Å². The Labute approximate surface area is 138 Å². The number of hydrogen-bond acceptors (Lipinski definition) is 4. The van der Waals surface area contributed by atoms with E-state index in [2.05, 4.69) is 4.74 Å². The highest BCUT2D eigenvalue weighted by molar-refractivity contribution is 5.74. The number of amides is 1. The van der Waals surface area contributed by atoms with Crippen LogP contribution in [-0.4, -0.2) is 42.6 Å². The van der Waals surface area contributed by atoms with Crippen LogP contribution in [0.5, 0.6) is 0 Å². The molecule has 1 aliphatic heterocycles. The maximum Gasteiger partial charge on any atom is 0.410 e. The molecule has 3 atom stereocenters. The fourth-order valence-electron chi connectivity index (χ4n) is 3.64. The summed E-state index contributed by atoms with van der Waals surface area (Å²) in [6.07, 6.45) is -0.545. The number of benzene rings is 1. The summed E-state index contributed by atoms with van der Waals surface area (Å²) in [5.41, 5.74) is 0.784. The molecule has 1 heterocycles. The Morgan fingerprint density at radius 2 is 1.96 bits per heavy atom. The van der Waals surface area contributed by atoms with Crippen LogP contribution in [0.25, 0.3) is 0 Å². The summed E-state index contributed by atoms with van der Waals surface area (Å²) in [6.45, 7) is -0.636. The fraction of sp³-hybridized carbons (Fsp3) is 0.529. The van der Waals surface area contributed by atoms with Crippen molar-refractivity contribution < 1.29 is 27.8 Å². The molecule has 1 unspecified atom stereocenters. The van der Waals surface area contributed by atoms with Gasteiger partial charge in [-0.25, -0.2) is 13.6 Å². The molecule has 1 saturated heterocycles. The Morgan fingerprint density at radius 1 is 1.25 bits per heavy atom. The first-order valence-corrected chi connectivity index (χ1v) is 7.85. The van der Waals surface area contributed by atoms with Crippen LogP contribution in [0.15, 0.2) is 30.3 Å². The molecule has 130 valence electrons. The van der Waals surface area contributed by atoms with Crippen molar-refractivity contribution >= 4 is 12.1 Å². The van der Waals surface area contributed by atoms with Gasteiger partial charge in [-0.1, -0.05) is 30.3 Å². The van der Waals surface area contributed by atoms with Gasteiger partial charge in [-0.2, -0.15) is 0 Å². The molecular formula is C17H19F2NO4. The smallest absolute Gasteiger partial charge is 0.410 e.